The van der Waals surface area contributed by atoms with Crippen molar-refractivity contribution in [3.8, 4) is 0 Å². The van der Waals surface area contributed by atoms with E-state index in [2.05, 4.69) is 0 Å². The number of fused-ring (bicyclic) bond motifs is 1. The molecular formula is C13H14F3NO3. The number of anilines is 1. The second kappa shape index (κ2) is 5.41. The standard InChI is InChI=1S/C13H14F3NO3/c1-20-11-5-7-3-2-4-9(8(7)6-10(11)18)17-12(19)13(14,15)16/h2-4,10-11,18H,5-6H2,1H3,(H,17,19). The highest BCUT2D eigenvalue weighted by Gasteiger charge is 2.39. The fraction of sp³-hybridized carbons (Fsp3) is 0.462. The van der Waals surface area contributed by atoms with Gasteiger partial charge in [0.25, 0.3) is 0 Å². The molecule has 0 heterocycles. The van der Waals surface area contributed by atoms with E-state index in [1.54, 1.807) is 12.1 Å². The van der Waals surface area contributed by atoms with Crippen LogP contribution in [0.2, 0.25) is 0 Å². The van der Waals surface area contributed by atoms with Gasteiger partial charge in [-0.3, -0.25) is 4.79 Å². The summed E-state index contributed by atoms with van der Waals surface area (Å²) in [7, 11) is 1.47. The van der Waals surface area contributed by atoms with Gasteiger partial charge in [0.05, 0.1) is 12.2 Å². The molecule has 0 aliphatic heterocycles. The summed E-state index contributed by atoms with van der Waals surface area (Å²) in [5.41, 5.74) is 1.37. The van der Waals surface area contributed by atoms with E-state index < -0.39 is 24.3 Å². The number of hydrogen-bond acceptors (Lipinski definition) is 3. The molecular weight excluding hydrogens is 275 g/mol. The quantitative estimate of drug-likeness (QED) is 0.870. The summed E-state index contributed by atoms with van der Waals surface area (Å²) in [4.78, 5) is 11.0. The third-order valence-electron chi connectivity index (χ3n) is 3.34. The van der Waals surface area contributed by atoms with Crippen LogP contribution in [-0.4, -0.2) is 36.5 Å². The van der Waals surface area contributed by atoms with Gasteiger partial charge in [0.15, 0.2) is 0 Å². The zero-order chi connectivity index (χ0) is 14.9. The zero-order valence-electron chi connectivity index (χ0n) is 10.7. The third kappa shape index (κ3) is 2.94. The van der Waals surface area contributed by atoms with Gasteiger partial charge in [-0.15, -0.1) is 0 Å². The number of aliphatic hydroxyl groups excluding tert-OH is 1. The number of benzene rings is 1. The minimum absolute atomic E-state index is 0.0819. The molecule has 0 aromatic heterocycles. The van der Waals surface area contributed by atoms with E-state index in [9.17, 15) is 23.1 Å². The molecule has 0 saturated carbocycles. The van der Waals surface area contributed by atoms with Gasteiger partial charge in [0.1, 0.15) is 0 Å². The molecule has 1 aromatic carbocycles. The van der Waals surface area contributed by atoms with E-state index in [1.165, 1.54) is 13.2 Å². The molecule has 2 atom stereocenters. The molecule has 7 heteroatoms. The van der Waals surface area contributed by atoms with Crippen molar-refractivity contribution in [2.45, 2.75) is 31.2 Å². The molecule has 2 N–H and O–H groups in total. The summed E-state index contributed by atoms with van der Waals surface area (Å²) in [6.45, 7) is 0. The predicted octanol–water partition coefficient (Wildman–Crippen LogP) is 1.66. The highest BCUT2D eigenvalue weighted by molar-refractivity contribution is 5.95. The molecule has 0 radical (unpaired) electrons. The van der Waals surface area contributed by atoms with E-state index in [4.69, 9.17) is 4.74 Å². The maximum atomic E-state index is 12.3. The molecule has 2 rings (SSSR count). The average molecular weight is 289 g/mol. The molecule has 0 saturated heterocycles. The van der Waals surface area contributed by atoms with Crippen molar-refractivity contribution in [1.29, 1.82) is 0 Å². The lowest BCUT2D eigenvalue weighted by atomic mass is 9.86. The van der Waals surface area contributed by atoms with E-state index in [1.807, 2.05) is 5.32 Å². The molecule has 0 bridgehead atoms. The van der Waals surface area contributed by atoms with Crippen LogP contribution in [0.5, 0.6) is 0 Å². The van der Waals surface area contributed by atoms with Crippen LogP contribution in [0.3, 0.4) is 0 Å². The van der Waals surface area contributed by atoms with Crippen LogP contribution in [-0.2, 0) is 22.4 Å². The number of nitrogens with one attached hydrogen (secondary N) is 1. The van der Waals surface area contributed by atoms with Crippen molar-refractivity contribution < 1.29 is 27.8 Å². The molecule has 1 aromatic rings. The van der Waals surface area contributed by atoms with Crippen LogP contribution < -0.4 is 5.32 Å². The van der Waals surface area contributed by atoms with Gasteiger partial charge in [0.2, 0.25) is 0 Å². The number of hydrogen-bond donors (Lipinski definition) is 2. The topological polar surface area (TPSA) is 58.6 Å². The monoisotopic (exact) mass is 289 g/mol. The Labute approximate surface area is 113 Å². The van der Waals surface area contributed by atoms with E-state index >= 15 is 0 Å². The first-order chi connectivity index (χ1) is 9.32. The van der Waals surface area contributed by atoms with Crippen molar-refractivity contribution in [3.05, 3.63) is 29.3 Å². The molecule has 1 amide bonds. The lowest BCUT2D eigenvalue weighted by molar-refractivity contribution is -0.167. The molecule has 1 aliphatic rings. The minimum atomic E-state index is -4.94. The van der Waals surface area contributed by atoms with Crippen LogP contribution >= 0.6 is 0 Å². The molecule has 2 unspecified atom stereocenters. The lowest BCUT2D eigenvalue weighted by Crippen LogP contribution is -2.37. The Hall–Kier alpha value is -1.60. The first-order valence-corrected chi connectivity index (χ1v) is 6.02. The first-order valence-electron chi connectivity index (χ1n) is 6.02. The average Bonchev–Trinajstić information content (AvgIpc) is 2.37. The zero-order valence-corrected chi connectivity index (χ0v) is 10.7. The van der Waals surface area contributed by atoms with Crippen molar-refractivity contribution in [2.24, 2.45) is 0 Å². The SMILES string of the molecule is COC1Cc2cccc(NC(=O)C(F)(F)F)c2CC1O. The van der Waals surface area contributed by atoms with Crippen LogP contribution in [0.4, 0.5) is 18.9 Å². The van der Waals surface area contributed by atoms with Crippen LogP contribution in [0.25, 0.3) is 0 Å². The smallest absolute Gasteiger partial charge is 0.390 e. The highest BCUT2D eigenvalue weighted by Crippen LogP contribution is 2.30. The van der Waals surface area contributed by atoms with Gasteiger partial charge >= 0.3 is 12.1 Å². The number of rotatable bonds is 2. The summed E-state index contributed by atoms with van der Waals surface area (Å²) < 4.78 is 42.0. The van der Waals surface area contributed by atoms with Crippen molar-refractivity contribution in [3.63, 3.8) is 0 Å². The minimum Gasteiger partial charge on any atom is -0.390 e. The maximum Gasteiger partial charge on any atom is 0.471 e. The summed E-state index contributed by atoms with van der Waals surface area (Å²) in [5, 5.41) is 11.7. The first kappa shape index (κ1) is 14.8. The Kier molecular flexibility index (Phi) is 4.01. The van der Waals surface area contributed by atoms with Gasteiger partial charge in [-0.05, 0) is 17.2 Å². The molecule has 0 fully saturated rings. The predicted molar refractivity (Wildman–Crippen MR) is 65.3 cm³/mol. The number of halogens is 3. The summed E-state index contributed by atoms with van der Waals surface area (Å²) in [6, 6.07) is 4.70. The molecule has 20 heavy (non-hydrogen) atoms. The lowest BCUT2D eigenvalue weighted by Gasteiger charge is -2.30. The van der Waals surface area contributed by atoms with E-state index in [0.29, 0.717) is 12.0 Å². The Bertz CT molecular complexity index is 516. The van der Waals surface area contributed by atoms with Crippen molar-refractivity contribution in [1.82, 2.24) is 0 Å². The van der Waals surface area contributed by atoms with E-state index in [-0.39, 0.29) is 12.1 Å². The van der Waals surface area contributed by atoms with Gasteiger partial charge in [-0.25, -0.2) is 0 Å². The van der Waals surface area contributed by atoms with Crippen LogP contribution in [0.15, 0.2) is 18.2 Å². The number of carbonyl (C=O) groups is 1. The summed E-state index contributed by atoms with van der Waals surface area (Å²) in [5.74, 6) is -2.02. The number of ether oxygens (including phenoxy) is 1. The second-order valence-electron chi connectivity index (χ2n) is 4.64. The van der Waals surface area contributed by atoms with Gasteiger partial charge in [-0.1, -0.05) is 12.1 Å². The Morgan fingerprint density at radius 1 is 1.40 bits per heavy atom. The Morgan fingerprint density at radius 2 is 2.10 bits per heavy atom. The van der Waals surface area contributed by atoms with Gasteiger partial charge < -0.3 is 15.2 Å². The molecule has 0 spiro atoms. The van der Waals surface area contributed by atoms with Gasteiger partial charge in [-0.2, -0.15) is 13.2 Å². The van der Waals surface area contributed by atoms with Crippen LogP contribution in [0.1, 0.15) is 11.1 Å². The Morgan fingerprint density at radius 3 is 2.70 bits per heavy atom. The van der Waals surface area contributed by atoms with Crippen molar-refractivity contribution in [2.75, 3.05) is 12.4 Å². The molecule has 1 aliphatic carbocycles. The number of amides is 1. The number of aliphatic hydroxyl groups is 1. The van der Waals surface area contributed by atoms with Crippen molar-refractivity contribution >= 4 is 11.6 Å². The third-order valence-corrected chi connectivity index (χ3v) is 3.34. The number of methoxy groups -OCH3 is 1. The number of alkyl halides is 3. The largest absolute Gasteiger partial charge is 0.471 e. The second-order valence-corrected chi connectivity index (χ2v) is 4.64. The Balaban J connectivity index is 2.28. The van der Waals surface area contributed by atoms with Gasteiger partial charge in [0, 0.05) is 25.6 Å². The normalized spacial score (nSPS) is 22.2. The van der Waals surface area contributed by atoms with Crippen LogP contribution in [0, 0.1) is 0 Å². The highest BCUT2D eigenvalue weighted by atomic mass is 19.4. The van der Waals surface area contributed by atoms with E-state index in [0.717, 1.165) is 5.56 Å². The fourth-order valence-corrected chi connectivity index (χ4v) is 2.31. The summed E-state index contributed by atoms with van der Waals surface area (Å²) >= 11 is 0. The molecule has 4 nitrogen and oxygen atoms in total. The summed E-state index contributed by atoms with van der Waals surface area (Å²) in [6.07, 6.45) is -5.61. The molecule has 110 valence electrons. The maximum absolute atomic E-state index is 12.3. The fourth-order valence-electron chi connectivity index (χ4n) is 2.31. The number of carbonyl (C=O) groups excluding carboxylic acids is 1.